The number of halogens is 1. The second-order valence-corrected chi connectivity index (χ2v) is 8.70. The Morgan fingerprint density at radius 1 is 1.04 bits per heavy atom. The third-order valence-corrected chi connectivity index (χ3v) is 6.29. The minimum atomic E-state index is -3.72. The van der Waals surface area contributed by atoms with E-state index in [-0.39, 0.29) is 29.1 Å². The second kappa shape index (κ2) is 8.78. The monoisotopic (exact) mass is 468 g/mol. The minimum absolute atomic E-state index is 0.00423. The van der Waals surface area contributed by atoms with Crippen LogP contribution in [-0.4, -0.2) is 55.8 Å². The average Bonchev–Trinajstić information content (AvgIpc) is 2.72. The quantitative estimate of drug-likeness (QED) is 0.644. The number of nitrogens with zero attached hydrogens (tertiary/aromatic N) is 2. The fraction of sp³-hybridized carbons (Fsp3) is 0.235. The lowest BCUT2D eigenvalue weighted by molar-refractivity contribution is 0.0730. The van der Waals surface area contributed by atoms with Gasteiger partial charge in [-0.3, -0.25) is 25.4 Å². The number of hydrogen-bond acceptors (Lipinski definition) is 6. The van der Waals surface area contributed by atoms with Crippen molar-refractivity contribution in [2.24, 2.45) is 0 Å². The van der Waals surface area contributed by atoms with Crippen molar-refractivity contribution in [2.75, 3.05) is 26.3 Å². The van der Waals surface area contributed by atoms with Crippen LogP contribution in [0.3, 0.4) is 0 Å². The van der Waals surface area contributed by atoms with Crippen molar-refractivity contribution in [3.63, 3.8) is 0 Å². The minimum Gasteiger partial charge on any atom is -0.379 e. The van der Waals surface area contributed by atoms with Gasteiger partial charge in [-0.1, -0.05) is 6.07 Å². The van der Waals surface area contributed by atoms with E-state index in [2.05, 4.69) is 31.8 Å². The standard InChI is InChI=1S/C17H17BrN4O5S/c18-14-8-13(10-19-11-14)17(24)21-20-16(23)12-2-1-3-15(9-12)28(25,26)22-4-6-27-7-5-22/h1-3,8-11H,4-7H2,(H,20,23)(H,21,24). The summed E-state index contributed by atoms with van der Waals surface area (Å²) in [7, 11) is -3.72. The first-order chi connectivity index (χ1) is 13.4. The molecule has 0 bridgehead atoms. The molecular formula is C17H17BrN4O5S. The second-order valence-electron chi connectivity index (χ2n) is 5.84. The third kappa shape index (κ3) is 4.73. The molecule has 0 aliphatic carbocycles. The van der Waals surface area contributed by atoms with E-state index in [4.69, 9.17) is 4.74 Å². The van der Waals surface area contributed by atoms with Gasteiger partial charge in [-0.2, -0.15) is 4.31 Å². The van der Waals surface area contributed by atoms with Gasteiger partial charge in [0.15, 0.2) is 0 Å². The number of carbonyl (C=O) groups is 2. The van der Waals surface area contributed by atoms with Crippen molar-refractivity contribution in [2.45, 2.75) is 4.90 Å². The van der Waals surface area contributed by atoms with Crippen molar-refractivity contribution in [3.05, 3.63) is 58.3 Å². The molecule has 2 N–H and O–H groups in total. The molecule has 1 aliphatic rings. The molecule has 0 unspecified atom stereocenters. The Bertz CT molecular complexity index is 993. The number of hydrogen-bond donors (Lipinski definition) is 2. The Hall–Kier alpha value is -2.34. The normalized spacial score (nSPS) is 15.0. The SMILES string of the molecule is O=C(NNC(=O)c1cccc(S(=O)(=O)N2CCOCC2)c1)c1cncc(Br)c1. The van der Waals surface area contributed by atoms with Gasteiger partial charge < -0.3 is 4.74 Å². The Morgan fingerprint density at radius 3 is 2.39 bits per heavy atom. The number of rotatable bonds is 4. The van der Waals surface area contributed by atoms with Gasteiger partial charge in [0.2, 0.25) is 10.0 Å². The molecule has 9 nitrogen and oxygen atoms in total. The smallest absolute Gasteiger partial charge is 0.271 e. The first-order valence-electron chi connectivity index (χ1n) is 8.27. The maximum Gasteiger partial charge on any atom is 0.271 e. The summed E-state index contributed by atoms with van der Waals surface area (Å²) < 4.78 is 32.5. The molecule has 0 spiro atoms. The lowest BCUT2D eigenvalue weighted by Gasteiger charge is -2.26. The number of morpholine rings is 1. The van der Waals surface area contributed by atoms with Crippen molar-refractivity contribution in [1.29, 1.82) is 0 Å². The zero-order valence-electron chi connectivity index (χ0n) is 14.6. The summed E-state index contributed by atoms with van der Waals surface area (Å²) >= 11 is 3.21. The lowest BCUT2D eigenvalue weighted by Crippen LogP contribution is -2.42. The zero-order chi connectivity index (χ0) is 20.1. The Labute approximate surface area is 170 Å². The van der Waals surface area contributed by atoms with Crippen LogP contribution in [0.4, 0.5) is 0 Å². The number of ether oxygens (including phenoxy) is 1. The molecule has 28 heavy (non-hydrogen) atoms. The van der Waals surface area contributed by atoms with E-state index in [0.717, 1.165) is 0 Å². The summed E-state index contributed by atoms with van der Waals surface area (Å²) in [6.45, 7) is 1.18. The molecule has 1 saturated heterocycles. The van der Waals surface area contributed by atoms with Crippen molar-refractivity contribution < 1.29 is 22.7 Å². The largest absolute Gasteiger partial charge is 0.379 e. The summed E-state index contributed by atoms with van der Waals surface area (Å²) in [5.74, 6) is -1.20. The third-order valence-electron chi connectivity index (χ3n) is 3.96. The van der Waals surface area contributed by atoms with Crippen LogP contribution in [0.5, 0.6) is 0 Å². The highest BCUT2D eigenvalue weighted by Crippen LogP contribution is 2.18. The van der Waals surface area contributed by atoms with Gasteiger partial charge in [0.25, 0.3) is 11.8 Å². The predicted octanol–water partition coefficient (Wildman–Crippen LogP) is 0.940. The van der Waals surface area contributed by atoms with Gasteiger partial charge in [-0.05, 0) is 40.2 Å². The van der Waals surface area contributed by atoms with Crippen LogP contribution in [0.2, 0.25) is 0 Å². The Balaban J connectivity index is 1.69. The summed E-state index contributed by atoms with van der Waals surface area (Å²) in [6.07, 6.45) is 2.87. The average molecular weight is 469 g/mol. The van der Waals surface area contributed by atoms with Crippen LogP contribution in [0.1, 0.15) is 20.7 Å². The lowest BCUT2D eigenvalue weighted by atomic mass is 10.2. The molecule has 1 aromatic heterocycles. The molecule has 0 radical (unpaired) electrons. The highest BCUT2D eigenvalue weighted by Gasteiger charge is 2.26. The van der Waals surface area contributed by atoms with E-state index in [0.29, 0.717) is 17.7 Å². The van der Waals surface area contributed by atoms with Gasteiger partial charge in [-0.15, -0.1) is 0 Å². The number of aromatic nitrogens is 1. The van der Waals surface area contributed by atoms with Gasteiger partial charge in [0.1, 0.15) is 0 Å². The van der Waals surface area contributed by atoms with Crippen molar-refractivity contribution in [3.8, 4) is 0 Å². The number of hydrazine groups is 1. The van der Waals surface area contributed by atoms with Crippen LogP contribution < -0.4 is 10.9 Å². The molecule has 3 rings (SSSR count). The molecule has 148 valence electrons. The van der Waals surface area contributed by atoms with E-state index >= 15 is 0 Å². The van der Waals surface area contributed by atoms with Crippen LogP contribution in [0, 0.1) is 0 Å². The van der Waals surface area contributed by atoms with E-state index in [1.54, 1.807) is 6.07 Å². The van der Waals surface area contributed by atoms with Crippen LogP contribution in [0.15, 0.2) is 52.1 Å². The van der Waals surface area contributed by atoms with Gasteiger partial charge >= 0.3 is 0 Å². The van der Waals surface area contributed by atoms with Gasteiger partial charge in [-0.25, -0.2) is 8.42 Å². The number of amides is 2. The summed E-state index contributed by atoms with van der Waals surface area (Å²) in [6, 6.07) is 7.17. The van der Waals surface area contributed by atoms with Crippen LogP contribution in [-0.2, 0) is 14.8 Å². The van der Waals surface area contributed by atoms with E-state index in [1.165, 1.54) is 41.0 Å². The number of pyridine rings is 1. The molecule has 11 heteroatoms. The number of benzene rings is 1. The maximum absolute atomic E-state index is 12.7. The predicted molar refractivity (Wildman–Crippen MR) is 103 cm³/mol. The van der Waals surface area contributed by atoms with Crippen molar-refractivity contribution >= 4 is 37.8 Å². The van der Waals surface area contributed by atoms with E-state index < -0.39 is 21.8 Å². The summed E-state index contributed by atoms with van der Waals surface area (Å²) in [5, 5.41) is 0. The molecular weight excluding hydrogens is 452 g/mol. The summed E-state index contributed by atoms with van der Waals surface area (Å²) in [4.78, 5) is 28.3. The van der Waals surface area contributed by atoms with Crippen molar-refractivity contribution in [1.82, 2.24) is 20.1 Å². The molecule has 1 aromatic carbocycles. The molecule has 0 saturated carbocycles. The molecule has 2 heterocycles. The fourth-order valence-electron chi connectivity index (χ4n) is 2.53. The maximum atomic E-state index is 12.7. The molecule has 1 aliphatic heterocycles. The van der Waals surface area contributed by atoms with Gasteiger partial charge in [0.05, 0.1) is 23.7 Å². The first-order valence-corrected chi connectivity index (χ1v) is 10.5. The highest BCUT2D eigenvalue weighted by atomic mass is 79.9. The first kappa shape index (κ1) is 20.4. The molecule has 1 fully saturated rings. The highest BCUT2D eigenvalue weighted by molar-refractivity contribution is 9.10. The van der Waals surface area contributed by atoms with E-state index in [9.17, 15) is 18.0 Å². The topological polar surface area (TPSA) is 118 Å². The number of sulfonamides is 1. The summed E-state index contributed by atoms with van der Waals surface area (Å²) in [5.41, 5.74) is 4.88. The molecule has 2 amide bonds. The molecule has 2 aromatic rings. The molecule has 0 atom stereocenters. The van der Waals surface area contributed by atoms with Gasteiger partial charge in [0, 0.05) is 35.5 Å². The number of carbonyl (C=O) groups excluding carboxylic acids is 2. The Morgan fingerprint density at radius 2 is 1.71 bits per heavy atom. The zero-order valence-corrected chi connectivity index (χ0v) is 17.0. The Kier molecular flexibility index (Phi) is 6.39. The number of nitrogens with one attached hydrogen (secondary N) is 2. The fourth-order valence-corrected chi connectivity index (χ4v) is 4.35. The van der Waals surface area contributed by atoms with E-state index in [1.807, 2.05) is 0 Å². The van der Waals surface area contributed by atoms with Crippen LogP contribution >= 0.6 is 15.9 Å². The van der Waals surface area contributed by atoms with Crippen LogP contribution in [0.25, 0.3) is 0 Å².